The summed E-state index contributed by atoms with van der Waals surface area (Å²) in [5.41, 5.74) is 6.89. The van der Waals surface area contributed by atoms with Gasteiger partial charge in [0.2, 0.25) is 10.0 Å². The lowest BCUT2D eigenvalue weighted by atomic mass is 9.93. The quantitative estimate of drug-likeness (QED) is 0.607. The highest BCUT2D eigenvalue weighted by atomic mass is 32.2. The fraction of sp³-hybridized carbons (Fsp3) is 0.500. The Balaban J connectivity index is 2.16. The van der Waals surface area contributed by atoms with Crippen molar-refractivity contribution in [1.82, 2.24) is 0 Å². The molecule has 1 aromatic carbocycles. The fourth-order valence-corrected chi connectivity index (χ4v) is 2.82. The summed E-state index contributed by atoms with van der Waals surface area (Å²) in [6.07, 6.45) is 2.92. The summed E-state index contributed by atoms with van der Waals surface area (Å²) < 4.78 is 22.6. The molecule has 1 aliphatic carbocycles. The van der Waals surface area contributed by atoms with Gasteiger partial charge in [-0.05, 0) is 43.9 Å². The molecule has 0 atom stereocenters. The maximum atomic E-state index is 11.3. The first-order valence-corrected chi connectivity index (χ1v) is 7.78. The Morgan fingerprint density at radius 2 is 1.84 bits per heavy atom. The van der Waals surface area contributed by atoms with E-state index in [0.29, 0.717) is 11.4 Å². The van der Waals surface area contributed by atoms with Crippen molar-refractivity contribution in [3.8, 4) is 0 Å². The minimum Gasteiger partial charge on any atom is -0.397 e. The van der Waals surface area contributed by atoms with Crippen LogP contribution in [0.1, 0.15) is 25.7 Å². The first-order chi connectivity index (χ1) is 8.86. The van der Waals surface area contributed by atoms with E-state index in [2.05, 4.69) is 5.32 Å². The third kappa shape index (κ3) is 3.59. The number of benzene rings is 1. The number of nitrogen functional groups attached to an aromatic ring is 1. The third-order valence-corrected chi connectivity index (χ3v) is 4.32. The zero-order valence-electron chi connectivity index (χ0n) is 10.5. The first-order valence-electron chi connectivity index (χ1n) is 6.23. The van der Waals surface area contributed by atoms with Crippen LogP contribution in [0.3, 0.4) is 0 Å². The average molecular weight is 285 g/mol. The predicted octanol–water partition coefficient (Wildman–Crippen LogP) is 0.632. The number of rotatable bonds is 3. The van der Waals surface area contributed by atoms with Crippen molar-refractivity contribution in [3.63, 3.8) is 0 Å². The minimum atomic E-state index is -3.73. The van der Waals surface area contributed by atoms with Gasteiger partial charge >= 0.3 is 0 Å². The topological polar surface area (TPSA) is 118 Å². The number of hydrogen-bond donors (Lipinski definition) is 4. The number of sulfonamides is 1. The Morgan fingerprint density at radius 1 is 1.21 bits per heavy atom. The number of primary sulfonamides is 1. The van der Waals surface area contributed by atoms with E-state index >= 15 is 0 Å². The smallest absolute Gasteiger partial charge is 0.238 e. The molecule has 0 aliphatic heterocycles. The second-order valence-electron chi connectivity index (χ2n) is 4.94. The molecule has 6 N–H and O–H groups in total. The molecule has 6 nitrogen and oxygen atoms in total. The van der Waals surface area contributed by atoms with Crippen molar-refractivity contribution in [2.24, 2.45) is 5.14 Å². The fourth-order valence-electron chi connectivity index (χ4n) is 2.28. The Kier molecular flexibility index (Phi) is 3.98. The van der Waals surface area contributed by atoms with Gasteiger partial charge in [0.15, 0.2) is 0 Å². The standard InChI is InChI=1S/C12H19N3O3S/c13-11-6-5-10(19(14,17)18)7-12(11)15-8-1-3-9(16)4-2-8/h5-9,15-16H,1-4,13H2,(H2,14,17,18). The van der Waals surface area contributed by atoms with E-state index in [4.69, 9.17) is 10.9 Å². The van der Waals surface area contributed by atoms with Gasteiger partial charge in [0, 0.05) is 6.04 Å². The van der Waals surface area contributed by atoms with Crippen molar-refractivity contribution in [1.29, 1.82) is 0 Å². The van der Waals surface area contributed by atoms with Crippen LogP contribution in [0.4, 0.5) is 11.4 Å². The van der Waals surface area contributed by atoms with Crippen LogP contribution in [0.2, 0.25) is 0 Å². The molecule has 1 aliphatic rings. The highest BCUT2D eigenvalue weighted by Crippen LogP contribution is 2.27. The number of aliphatic hydroxyl groups is 1. The summed E-state index contributed by atoms with van der Waals surface area (Å²) >= 11 is 0. The van der Waals surface area contributed by atoms with Crippen LogP contribution in [0.15, 0.2) is 23.1 Å². The lowest BCUT2D eigenvalue weighted by Crippen LogP contribution is -2.28. The Hall–Kier alpha value is -1.31. The van der Waals surface area contributed by atoms with Crippen molar-refractivity contribution in [2.75, 3.05) is 11.1 Å². The van der Waals surface area contributed by atoms with E-state index in [-0.39, 0.29) is 17.0 Å². The van der Waals surface area contributed by atoms with Gasteiger partial charge in [-0.3, -0.25) is 0 Å². The summed E-state index contributed by atoms with van der Waals surface area (Å²) in [5, 5.41) is 17.8. The molecule has 19 heavy (non-hydrogen) atoms. The third-order valence-electron chi connectivity index (χ3n) is 3.41. The Labute approximate surface area is 112 Å². The van der Waals surface area contributed by atoms with Crippen LogP contribution in [0.5, 0.6) is 0 Å². The van der Waals surface area contributed by atoms with Crippen LogP contribution in [0, 0.1) is 0 Å². The normalized spacial score (nSPS) is 24.1. The molecule has 0 aromatic heterocycles. The minimum absolute atomic E-state index is 0.0417. The molecule has 1 saturated carbocycles. The summed E-state index contributed by atoms with van der Waals surface area (Å²) in [5.74, 6) is 0. The van der Waals surface area contributed by atoms with Crippen molar-refractivity contribution in [2.45, 2.75) is 42.7 Å². The maximum absolute atomic E-state index is 11.3. The largest absolute Gasteiger partial charge is 0.397 e. The molecule has 0 amide bonds. The number of nitrogens with two attached hydrogens (primary N) is 2. The average Bonchev–Trinajstić information content (AvgIpc) is 2.33. The van der Waals surface area contributed by atoms with Crippen molar-refractivity contribution >= 4 is 21.4 Å². The second-order valence-corrected chi connectivity index (χ2v) is 6.51. The summed E-state index contributed by atoms with van der Waals surface area (Å²) in [4.78, 5) is 0.0417. The zero-order chi connectivity index (χ0) is 14.0. The molecular formula is C12H19N3O3S. The molecule has 0 saturated heterocycles. The molecule has 0 bridgehead atoms. The van der Waals surface area contributed by atoms with Gasteiger partial charge in [-0.15, -0.1) is 0 Å². The molecule has 0 radical (unpaired) electrons. The molecule has 1 aromatic rings. The van der Waals surface area contributed by atoms with Gasteiger partial charge in [0.05, 0.1) is 22.4 Å². The van der Waals surface area contributed by atoms with Crippen molar-refractivity contribution in [3.05, 3.63) is 18.2 Å². The van der Waals surface area contributed by atoms with Gasteiger partial charge < -0.3 is 16.2 Å². The molecule has 2 rings (SSSR count). The highest BCUT2D eigenvalue weighted by molar-refractivity contribution is 7.89. The number of hydrogen-bond acceptors (Lipinski definition) is 5. The number of anilines is 2. The highest BCUT2D eigenvalue weighted by Gasteiger charge is 2.20. The Morgan fingerprint density at radius 3 is 2.42 bits per heavy atom. The van der Waals surface area contributed by atoms with E-state index < -0.39 is 10.0 Å². The molecule has 106 valence electrons. The maximum Gasteiger partial charge on any atom is 0.238 e. The number of aliphatic hydroxyl groups excluding tert-OH is 1. The van der Waals surface area contributed by atoms with Gasteiger partial charge in [-0.25, -0.2) is 13.6 Å². The van der Waals surface area contributed by atoms with Gasteiger partial charge in [0.1, 0.15) is 0 Å². The zero-order valence-corrected chi connectivity index (χ0v) is 11.4. The first kappa shape index (κ1) is 14.1. The monoisotopic (exact) mass is 285 g/mol. The van der Waals surface area contributed by atoms with Crippen LogP contribution < -0.4 is 16.2 Å². The van der Waals surface area contributed by atoms with E-state index in [9.17, 15) is 13.5 Å². The van der Waals surface area contributed by atoms with E-state index in [0.717, 1.165) is 25.7 Å². The molecule has 1 fully saturated rings. The van der Waals surface area contributed by atoms with E-state index in [1.807, 2.05) is 0 Å². The number of nitrogens with one attached hydrogen (secondary N) is 1. The Bertz CT molecular complexity index is 551. The second kappa shape index (κ2) is 5.36. The van der Waals surface area contributed by atoms with E-state index in [1.54, 1.807) is 0 Å². The van der Waals surface area contributed by atoms with Gasteiger partial charge in [0.25, 0.3) is 0 Å². The molecule has 0 unspecified atom stereocenters. The van der Waals surface area contributed by atoms with Crippen LogP contribution >= 0.6 is 0 Å². The molecule has 0 spiro atoms. The summed E-state index contributed by atoms with van der Waals surface area (Å²) in [7, 11) is -3.73. The van der Waals surface area contributed by atoms with Gasteiger partial charge in [-0.2, -0.15) is 0 Å². The van der Waals surface area contributed by atoms with E-state index in [1.165, 1.54) is 18.2 Å². The van der Waals surface area contributed by atoms with Crippen molar-refractivity contribution < 1.29 is 13.5 Å². The molecular weight excluding hydrogens is 266 g/mol. The van der Waals surface area contributed by atoms with Crippen LogP contribution in [-0.4, -0.2) is 25.7 Å². The SMILES string of the molecule is Nc1ccc(S(N)(=O)=O)cc1NC1CCC(O)CC1. The summed E-state index contributed by atoms with van der Waals surface area (Å²) in [6, 6.07) is 4.57. The van der Waals surface area contributed by atoms with Crippen LogP contribution in [-0.2, 0) is 10.0 Å². The lowest BCUT2D eigenvalue weighted by Gasteiger charge is -2.27. The lowest BCUT2D eigenvalue weighted by molar-refractivity contribution is 0.126. The summed E-state index contributed by atoms with van der Waals surface area (Å²) in [6.45, 7) is 0. The molecule has 0 heterocycles. The molecule has 7 heteroatoms. The van der Waals surface area contributed by atoms with Gasteiger partial charge in [-0.1, -0.05) is 0 Å². The van der Waals surface area contributed by atoms with Crippen LogP contribution in [0.25, 0.3) is 0 Å². The predicted molar refractivity (Wildman–Crippen MR) is 74.1 cm³/mol.